The van der Waals surface area contributed by atoms with Crippen LogP contribution in [0.1, 0.15) is 11.1 Å². The van der Waals surface area contributed by atoms with Crippen LogP contribution in [0.3, 0.4) is 0 Å². The summed E-state index contributed by atoms with van der Waals surface area (Å²) in [6, 6.07) is 11.8. The molecule has 3 nitrogen and oxygen atoms in total. The first-order valence-corrected chi connectivity index (χ1v) is 5.88. The van der Waals surface area contributed by atoms with E-state index >= 15 is 0 Å². The van der Waals surface area contributed by atoms with Gasteiger partial charge in [-0.15, -0.1) is 0 Å². The number of aliphatic hydroxyl groups is 1. The number of hydrogen-bond acceptors (Lipinski definition) is 3. The predicted molar refractivity (Wildman–Crippen MR) is 69.6 cm³/mol. The van der Waals surface area contributed by atoms with E-state index in [4.69, 9.17) is 9.47 Å². The second-order valence-corrected chi connectivity index (χ2v) is 4.06. The summed E-state index contributed by atoms with van der Waals surface area (Å²) < 4.78 is 24.1. The van der Waals surface area contributed by atoms with Crippen molar-refractivity contribution in [2.75, 3.05) is 7.11 Å². The fourth-order valence-electron chi connectivity index (χ4n) is 1.78. The van der Waals surface area contributed by atoms with Crippen LogP contribution in [0.15, 0.2) is 42.5 Å². The van der Waals surface area contributed by atoms with Gasteiger partial charge in [-0.2, -0.15) is 0 Å². The highest BCUT2D eigenvalue weighted by Crippen LogP contribution is 2.27. The van der Waals surface area contributed by atoms with Crippen molar-refractivity contribution in [2.45, 2.75) is 13.2 Å². The highest BCUT2D eigenvalue weighted by Gasteiger charge is 2.09. The molecule has 0 saturated carbocycles. The van der Waals surface area contributed by atoms with Gasteiger partial charge >= 0.3 is 0 Å². The smallest absolute Gasteiger partial charge is 0.135 e. The molecule has 2 aromatic rings. The van der Waals surface area contributed by atoms with Crippen molar-refractivity contribution in [3.8, 4) is 11.5 Å². The number of ether oxygens (including phenoxy) is 2. The summed E-state index contributed by atoms with van der Waals surface area (Å²) in [5.41, 5.74) is 1.11. The topological polar surface area (TPSA) is 38.7 Å². The van der Waals surface area contributed by atoms with Crippen LogP contribution in [0.2, 0.25) is 0 Å². The molecule has 0 fully saturated rings. The van der Waals surface area contributed by atoms with Gasteiger partial charge in [0, 0.05) is 7.11 Å². The average molecular weight is 262 g/mol. The second kappa shape index (κ2) is 6.31. The van der Waals surface area contributed by atoms with E-state index in [0.29, 0.717) is 18.1 Å². The first-order valence-electron chi connectivity index (χ1n) is 5.88. The second-order valence-electron chi connectivity index (χ2n) is 4.06. The number of methoxy groups -OCH3 is 1. The van der Waals surface area contributed by atoms with Gasteiger partial charge in [-0.1, -0.05) is 18.2 Å². The van der Waals surface area contributed by atoms with Gasteiger partial charge in [-0.05, 0) is 29.8 Å². The Morgan fingerprint density at radius 2 is 1.95 bits per heavy atom. The van der Waals surface area contributed by atoms with Gasteiger partial charge in [0.2, 0.25) is 0 Å². The van der Waals surface area contributed by atoms with Crippen molar-refractivity contribution in [3.05, 3.63) is 59.4 Å². The molecular formula is C15H15FO3. The lowest BCUT2D eigenvalue weighted by Crippen LogP contribution is -1.96. The summed E-state index contributed by atoms with van der Waals surface area (Å²) in [4.78, 5) is 0. The molecule has 0 radical (unpaired) electrons. The van der Waals surface area contributed by atoms with Crippen molar-refractivity contribution in [2.24, 2.45) is 0 Å². The minimum absolute atomic E-state index is 0.152. The third-order valence-electron chi connectivity index (χ3n) is 2.67. The first-order chi connectivity index (χ1) is 9.24. The van der Waals surface area contributed by atoms with Gasteiger partial charge in [-0.3, -0.25) is 0 Å². The SMILES string of the molecule is COCc1cccc(Oc2cccc(F)c2CO)c1. The maximum atomic E-state index is 13.5. The van der Waals surface area contributed by atoms with Crippen molar-refractivity contribution in [1.82, 2.24) is 0 Å². The average Bonchev–Trinajstić information content (AvgIpc) is 2.40. The standard InChI is InChI=1S/C15H15FO3/c1-18-10-11-4-2-5-12(8-11)19-15-7-3-6-14(16)13(15)9-17/h2-8,17H,9-10H2,1H3. The zero-order valence-corrected chi connectivity index (χ0v) is 10.6. The van der Waals surface area contributed by atoms with Crippen LogP contribution in [-0.2, 0) is 18.0 Å². The molecule has 0 heterocycles. The number of aliphatic hydroxyl groups excluding tert-OH is 1. The first kappa shape index (κ1) is 13.5. The Bertz CT molecular complexity index is 555. The van der Waals surface area contributed by atoms with Crippen LogP contribution in [-0.4, -0.2) is 12.2 Å². The largest absolute Gasteiger partial charge is 0.457 e. The van der Waals surface area contributed by atoms with Crippen LogP contribution in [0, 0.1) is 5.82 Å². The highest BCUT2D eigenvalue weighted by molar-refractivity contribution is 5.39. The molecule has 100 valence electrons. The fraction of sp³-hybridized carbons (Fsp3) is 0.200. The third kappa shape index (κ3) is 3.30. The van der Waals surface area contributed by atoms with Crippen molar-refractivity contribution >= 4 is 0 Å². The molecule has 2 rings (SSSR count). The van der Waals surface area contributed by atoms with Gasteiger partial charge in [0.15, 0.2) is 0 Å². The maximum Gasteiger partial charge on any atom is 0.135 e. The van der Waals surface area contributed by atoms with Crippen molar-refractivity contribution < 1.29 is 19.0 Å². The number of halogens is 1. The van der Waals surface area contributed by atoms with E-state index in [1.807, 2.05) is 18.2 Å². The summed E-state index contributed by atoms with van der Waals surface area (Å²) in [5.74, 6) is 0.417. The van der Waals surface area contributed by atoms with Gasteiger partial charge in [-0.25, -0.2) is 4.39 Å². The summed E-state index contributed by atoms with van der Waals surface area (Å²) in [7, 11) is 1.62. The van der Waals surface area contributed by atoms with Crippen LogP contribution < -0.4 is 4.74 Å². The molecule has 0 bridgehead atoms. The minimum Gasteiger partial charge on any atom is -0.457 e. The lowest BCUT2D eigenvalue weighted by Gasteiger charge is -2.11. The van der Waals surface area contributed by atoms with E-state index in [2.05, 4.69) is 0 Å². The molecule has 0 unspecified atom stereocenters. The monoisotopic (exact) mass is 262 g/mol. The van der Waals surface area contributed by atoms with Crippen LogP contribution in [0.4, 0.5) is 4.39 Å². The summed E-state index contributed by atoms with van der Waals surface area (Å²) >= 11 is 0. The highest BCUT2D eigenvalue weighted by atomic mass is 19.1. The lowest BCUT2D eigenvalue weighted by molar-refractivity contribution is 0.184. The molecule has 2 aromatic carbocycles. The fourth-order valence-corrected chi connectivity index (χ4v) is 1.78. The molecular weight excluding hydrogens is 247 g/mol. The van der Waals surface area contributed by atoms with Crippen LogP contribution in [0.25, 0.3) is 0 Å². The van der Waals surface area contributed by atoms with E-state index in [1.54, 1.807) is 25.3 Å². The number of benzene rings is 2. The number of rotatable bonds is 5. The van der Waals surface area contributed by atoms with E-state index in [-0.39, 0.29) is 5.56 Å². The van der Waals surface area contributed by atoms with Gasteiger partial charge in [0.25, 0.3) is 0 Å². The molecule has 0 aliphatic rings. The Morgan fingerprint density at radius 1 is 1.16 bits per heavy atom. The van der Waals surface area contributed by atoms with Crippen molar-refractivity contribution in [3.63, 3.8) is 0 Å². The Labute approximate surface area is 111 Å². The molecule has 0 atom stereocenters. The minimum atomic E-state index is -0.479. The van der Waals surface area contributed by atoms with Gasteiger partial charge in [0.05, 0.1) is 18.8 Å². The summed E-state index contributed by atoms with van der Waals surface area (Å²) in [5, 5.41) is 9.18. The predicted octanol–water partition coefficient (Wildman–Crippen LogP) is 3.26. The quantitative estimate of drug-likeness (QED) is 0.898. The zero-order chi connectivity index (χ0) is 13.7. The molecule has 0 spiro atoms. The zero-order valence-electron chi connectivity index (χ0n) is 10.6. The van der Waals surface area contributed by atoms with Gasteiger partial charge in [0.1, 0.15) is 17.3 Å². The molecule has 1 N–H and O–H groups in total. The Hall–Kier alpha value is -1.91. The molecule has 0 aromatic heterocycles. The Kier molecular flexibility index (Phi) is 4.49. The van der Waals surface area contributed by atoms with Crippen LogP contribution in [0.5, 0.6) is 11.5 Å². The summed E-state index contributed by atoms with van der Waals surface area (Å²) in [6.45, 7) is 0.0764. The van der Waals surface area contributed by atoms with E-state index in [1.165, 1.54) is 6.07 Å². The molecule has 19 heavy (non-hydrogen) atoms. The van der Waals surface area contributed by atoms with Crippen LogP contribution >= 0.6 is 0 Å². The normalized spacial score (nSPS) is 10.5. The third-order valence-corrected chi connectivity index (χ3v) is 2.67. The van der Waals surface area contributed by atoms with E-state index in [9.17, 15) is 9.50 Å². The lowest BCUT2D eigenvalue weighted by atomic mass is 10.2. The summed E-state index contributed by atoms with van der Waals surface area (Å²) in [6.07, 6.45) is 0. The van der Waals surface area contributed by atoms with Gasteiger partial charge < -0.3 is 14.6 Å². The molecule has 0 amide bonds. The Balaban J connectivity index is 2.26. The molecule has 0 aliphatic carbocycles. The van der Waals surface area contributed by atoms with Crippen molar-refractivity contribution in [1.29, 1.82) is 0 Å². The molecule has 0 aliphatic heterocycles. The molecule has 4 heteroatoms. The van der Waals surface area contributed by atoms with E-state index < -0.39 is 12.4 Å². The molecule has 0 saturated heterocycles. The Morgan fingerprint density at radius 3 is 2.68 bits per heavy atom. The maximum absolute atomic E-state index is 13.5. The van der Waals surface area contributed by atoms with E-state index in [0.717, 1.165) is 5.56 Å². The number of hydrogen-bond donors (Lipinski definition) is 1.